The average molecular weight is 329 g/mol. The number of hydrogen-bond acceptors (Lipinski definition) is 4. The van der Waals surface area contributed by atoms with E-state index in [0.29, 0.717) is 16.0 Å². The van der Waals surface area contributed by atoms with Crippen LogP contribution in [0.3, 0.4) is 0 Å². The Balaban J connectivity index is 1.91. The lowest BCUT2D eigenvalue weighted by molar-refractivity contribution is 0.0329. The Morgan fingerprint density at radius 1 is 1.29 bits per heavy atom. The molecule has 1 atom stereocenters. The van der Waals surface area contributed by atoms with E-state index in [-0.39, 0.29) is 6.04 Å². The molecular weight excluding hydrogens is 311 g/mol. The number of hydrogen-bond donors (Lipinski definition) is 1. The zero-order chi connectivity index (χ0) is 15.0. The van der Waals surface area contributed by atoms with E-state index in [1.54, 1.807) is 6.07 Å². The number of imidazole rings is 1. The fourth-order valence-corrected chi connectivity index (χ4v) is 3.13. The molecule has 0 bridgehead atoms. The lowest BCUT2D eigenvalue weighted by atomic mass is 10.2. The Bertz CT molecular complexity index is 652. The summed E-state index contributed by atoms with van der Waals surface area (Å²) in [5, 5.41) is 1.01. The molecule has 5 nitrogen and oxygen atoms in total. The monoisotopic (exact) mass is 328 g/mol. The fourth-order valence-electron chi connectivity index (χ4n) is 2.81. The minimum Gasteiger partial charge on any atom is -0.379 e. The Kier molecular flexibility index (Phi) is 4.26. The van der Waals surface area contributed by atoms with Crippen molar-refractivity contribution in [2.75, 3.05) is 38.6 Å². The van der Waals surface area contributed by atoms with E-state index < -0.39 is 0 Å². The van der Waals surface area contributed by atoms with Crippen molar-refractivity contribution in [1.82, 2.24) is 14.5 Å². The molecule has 0 saturated carbocycles. The average Bonchev–Trinajstić information content (AvgIpc) is 2.75. The number of nitrogens with zero attached hydrogens (tertiary/aromatic N) is 3. The van der Waals surface area contributed by atoms with E-state index in [1.807, 2.05) is 10.6 Å². The first-order valence-electron chi connectivity index (χ1n) is 6.99. The summed E-state index contributed by atoms with van der Waals surface area (Å²) in [6.45, 7) is 6.50. The van der Waals surface area contributed by atoms with Gasteiger partial charge in [-0.15, -0.1) is 0 Å². The molecule has 1 aromatic carbocycles. The highest BCUT2D eigenvalue weighted by atomic mass is 35.5. The van der Waals surface area contributed by atoms with Crippen molar-refractivity contribution in [1.29, 1.82) is 0 Å². The summed E-state index contributed by atoms with van der Waals surface area (Å²) in [5.41, 5.74) is 7.77. The molecule has 0 amide bonds. The largest absolute Gasteiger partial charge is 0.379 e. The Morgan fingerprint density at radius 3 is 2.67 bits per heavy atom. The van der Waals surface area contributed by atoms with E-state index in [0.717, 1.165) is 43.9 Å². The van der Waals surface area contributed by atoms with Crippen molar-refractivity contribution in [3.8, 4) is 0 Å². The van der Waals surface area contributed by atoms with Crippen molar-refractivity contribution in [2.45, 2.75) is 13.0 Å². The Hall–Kier alpha value is -1.01. The van der Waals surface area contributed by atoms with Crippen molar-refractivity contribution < 1.29 is 4.74 Å². The maximum atomic E-state index is 6.12. The molecular formula is C14H18Cl2N4O. The number of anilines is 1. The van der Waals surface area contributed by atoms with Crippen LogP contribution in [0.25, 0.3) is 11.0 Å². The molecule has 0 spiro atoms. The van der Waals surface area contributed by atoms with Crippen LogP contribution in [0.1, 0.15) is 13.0 Å². The van der Waals surface area contributed by atoms with Crippen LogP contribution in [0.5, 0.6) is 0 Å². The SMILES string of the molecule is CC(CN1CCOCC1)n1c(N)nc2cc(Cl)c(Cl)cc21. The predicted molar refractivity (Wildman–Crippen MR) is 86.1 cm³/mol. The molecule has 7 heteroatoms. The summed E-state index contributed by atoms with van der Waals surface area (Å²) in [7, 11) is 0. The van der Waals surface area contributed by atoms with Crippen molar-refractivity contribution in [3.05, 3.63) is 22.2 Å². The van der Waals surface area contributed by atoms with Crippen LogP contribution in [0.2, 0.25) is 10.0 Å². The second-order valence-electron chi connectivity index (χ2n) is 5.36. The van der Waals surface area contributed by atoms with Gasteiger partial charge in [0.15, 0.2) is 0 Å². The normalized spacial score (nSPS) is 18.2. The fraction of sp³-hybridized carbons (Fsp3) is 0.500. The van der Waals surface area contributed by atoms with Gasteiger partial charge in [-0.25, -0.2) is 4.98 Å². The van der Waals surface area contributed by atoms with Crippen LogP contribution in [0, 0.1) is 0 Å². The molecule has 1 fully saturated rings. The molecule has 0 aliphatic carbocycles. The molecule has 3 rings (SSSR count). The van der Waals surface area contributed by atoms with Crippen LogP contribution < -0.4 is 5.73 Å². The standard InChI is InChI=1S/C14H18Cl2N4O/c1-9(8-19-2-4-21-5-3-19)20-13-7-11(16)10(15)6-12(13)18-14(20)17/h6-7,9H,2-5,8H2,1H3,(H2,17,18). The van der Waals surface area contributed by atoms with Crippen molar-refractivity contribution in [2.24, 2.45) is 0 Å². The number of morpholine rings is 1. The van der Waals surface area contributed by atoms with Gasteiger partial charge in [0.25, 0.3) is 0 Å². The summed E-state index contributed by atoms with van der Waals surface area (Å²) in [6.07, 6.45) is 0. The van der Waals surface area contributed by atoms with Gasteiger partial charge >= 0.3 is 0 Å². The van der Waals surface area contributed by atoms with Crippen LogP contribution in [-0.2, 0) is 4.74 Å². The van der Waals surface area contributed by atoms with E-state index in [4.69, 9.17) is 33.7 Å². The first-order valence-corrected chi connectivity index (χ1v) is 7.74. The van der Waals surface area contributed by atoms with Crippen LogP contribution in [0.15, 0.2) is 12.1 Å². The highest BCUT2D eigenvalue weighted by Gasteiger charge is 2.19. The molecule has 2 heterocycles. The van der Waals surface area contributed by atoms with Crippen LogP contribution >= 0.6 is 23.2 Å². The minimum absolute atomic E-state index is 0.199. The highest BCUT2D eigenvalue weighted by molar-refractivity contribution is 6.42. The molecule has 1 aromatic heterocycles. The number of nitrogen functional groups attached to an aromatic ring is 1. The maximum Gasteiger partial charge on any atom is 0.201 e. The topological polar surface area (TPSA) is 56.3 Å². The third-order valence-corrected chi connectivity index (χ3v) is 4.55. The molecule has 114 valence electrons. The molecule has 1 unspecified atom stereocenters. The quantitative estimate of drug-likeness (QED) is 0.941. The second kappa shape index (κ2) is 6.01. The summed E-state index contributed by atoms with van der Waals surface area (Å²) < 4.78 is 7.40. The number of ether oxygens (including phenoxy) is 1. The van der Waals surface area contributed by atoms with Gasteiger partial charge in [0.2, 0.25) is 5.95 Å². The zero-order valence-corrected chi connectivity index (χ0v) is 13.4. The van der Waals surface area contributed by atoms with Crippen LogP contribution in [-0.4, -0.2) is 47.3 Å². The number of aromatic nitrogens is 2. The number of nitrogens with two attached hydrogens (primary N) is 1. The molecule has 2 aromatic rings. The first-order chi connectivity index (χ1) is 10.1. The number of rotatable bonds is 3. The molecule has 1 aliphatic heterocycles. The van der Waals surface area contributed by atoms with Gasteiger partial charge in [0, 0.05) is 25.7 Å². The number of benzene rings is 1. The summed E-state index contributed by atoms with van der Waals surface area (Å²) in [6, 6.07) is 3.79. The van der Waals surface area contributed by atoms with E-state index in [1.165, 1.54) is 0 Å². The van der Waals surface area contributed by atoms with Gasteiger partial charge in [-0.2, -0.15) is 0 Å². The highest BCUT2D eigenvalue weighted by Crippen LogP contribution is 2.31. The third kappa shape index (κ3) is 2.97. The van der Waals surface area contributed by atoms with Crippen LogP contribution in [0.4, 0.5) is 5.95 Å². The Labute approximate surface area is 133 Å². The second-order valence-corrected chi connectivity index (χ2v) is 6.17. The summed E-state index contributed by atoms with van der Waals surface area (Å²) in [5.74, 6) is 0.490. The van der Waals surface area contributed by atoms with Gasteiger partial charge in [0.1, 0.15) is 0 Å². The minimum atomic E-state index is 0.199. The maximum absolute atomic E-state index is 6.12. The van der Waals surface area contributed by atoms with Gasteiger partial charge in [0.05, 0.1) is 34.3 Å². The summed E-state index contributed by atoms with van der Waals surface area (Å²) >= 11 is 12.2. The van der Waals surface area contributed by atoms with E-state index in [2.05, 4.69) is 16.8 Å². The van der Waals surface area contributed by atoms with E-state index >= 15 is 0 Å². The van der Waals surface area contributed by atoms with Crippen molar-refractivity contribution in [3.63, 3.8) is 0 Å². The third-order valence-electron chi connectivity index (χ3n) is 3.83. The molecule has 0 radical (unpaired) electrons. The van der Waals surface area contributed by atoms with Gasteiger partial charge in [-0.1, -0.05) is 23.2 Å². The zero-order valence-electron chi connectivity index (χ0n) is 11.9. The Morgan fingerprint density at radius 2 is 1.95 bits per heavy atom. The van der Waals surface area contributed by atoms with Gasteiger partial charge in [-0.3, -0.25) is 4.90 Å². The van der Waals surface area contributed by atoms with E-state index in [9.17, 15) is 0 Å². The molecule has 2 N–H and O–H groups in total. The molecule has 1 saturated heterocycles. The van der Waals surface area contributed by atoms with Gasteiger partial charge < -0.3 is 15.0 Å². The lowest BCUT2D eigenvalue weighted by Crippen LogP contribution is -2.39. The number of halogens is 2. The smallest absolute Gasteiger partial charge is 0.201 e. The van der Waals surface area contributed by atoms with Crippen molar-refractivity contribution >= 4 is 40.2 Å². The molecule has 21 heavy (non-hydrogen) atoms. The first kappa shape index (κ1) is 14.9. The molecule has 1 aliphatic rings. The summed E-state index contributed by atoms with van der Waals surface area (Å²) in [4.78, 5) is 6.76. The number of fused-ring (bicyclic) bond motifs is 1. The lowest BCUT2D eigenvalue weighted by Gasteiger charge is -2.30. The predicted octanol–water partition coefficient (Wildman–Crippen LogP) is 2.82. The van der Waals surface area contributed by atoms with Gasteiger partial charge in [-0.05, 0) is 19.1 Å².